The van der Waals surface area contributed by atoms with Crippen LogP contribution in [0, 0.1) is 13.8 Å². The summed E-state index contributed by atoms with van der Waals surface area (Å²) in [6.45, 7) is 4.99. The van der Waals surface area contributed by atoms with Gasteiger partial charge in [0, 0.05) is 29.7 Å². The molecule has 0 aliphatic heterocycles. The third kappa shape index (κ3) is 3.20. The van der Waals surface area contributed by atoms with Gasteiger partial charge in [-0.3, -0.25) is 0 Å². The highest BCUT2D eigenvalue weighted by Gasteiger charge is 2.00. The van der Waals surface area contributed by atoms with E-state index in [1.165, 1.54) is 5.56 Å². The molecule has 17 heavy (non-hydrogen) atoms. The third-order valence-corrected chi connectivity index (χ3v) is 3.45. The highest BCUT2D eigenvalue weighted by atomic mass is 32.1. The van der Waals surface area contributed by atoms with Gasteiger partial charge in [-0.05, 0) is 31.5 Å². The molecule has 0 unspecified atom stereocenters. The molecule has 4 heteroatoms. The molecule has 0 fully saturated rings. The van der Waals surface area contributed by atoms with Crippen LogP contribution in [0.2, 0.25) is 0 Å². The highest BCUT2D eigenvalue weighted by Crippen LogP contribution is 2.18. The summed E-state index contributed by atoms with van der Waals surface area (Å²) in [6, 6.07) is 5.93. The van der Waals surface area contributed by atoms with Gasteiger partial charge in [-0.2, -0.15) is 0 Å². The molecule has 2 aromatic rings. The Morgan fingerprint density at radius 2 is 2.18 bits per heavy atom. The summed E-state index contributed by atoms with van der Waals surface area (Å²) >= 11 is 1.70. The first kappa shape index (κ1) is 11.9. The van der Waals surface area contributed by atoms with Gasteiger partial charge >= 0.3 is 0 Å². The number of nitrogens with two attached hydrogens (primary N) is 1. The van der Waals surface area contributed by atoms with Crippen molar-refractivity contribution in [2.45, 2.75) is 20.3 Å². The molecule has 1 aromatic carbocycles. The smallest absolute Gasteiger partial charge is 0.0897 e. The van der Waals surface area contributed by atoms with Crippen molar-refractivity contribution in [1.29, 1.82) is 0 Å². The van der Waals surface area contributed by atoms with Crippen molar-refractivity contribution in [1.82, 2.24) is 4.98 Å². The molecular weight excluding hydrogens is 230 g/mol. The van der Waals surface area contributed by atoms with Crippen LogP contribution < -0.4 is 11.1 Å². The topological polar surface area (TPSA) is 50.9 Å². The van der Waals surface area contributed by atoms with Crippen LogP contribution in [0.3, 0.4) is 0 Å². The molecule has 90 valence electrons. The number of nitrogen functional groups attached to an aromatic ring is 1. The van der Waals surface area contributed by atoms with Gasteiger partial charge in [0.25, 0.3) is 0 Å². The fraction of sp³-hybridized carbons (Fsp3) is 0.308. The van der Waals surface area contributed by atoms with E-state index in [-0.39, 0.29) is 0 Å². The molecule has 1 heterocycles. The Morgan fingerprint density at radius 3 is 2.88 bits per heavy atom. The maximum atomic E-state index is 5.76. The highest BCUT2D eigenvalue weighted by molar-refractivity contribution is 7.09. The molecule has 3 nitrogen and oxygen atoms in total. The van der Waals surface area contributed by atoms with Crippen LogP contribution in [-0.2, 0) is 6.42 Å². The number of benzene rings is 1. The van der Waals surface area contributed by atoms with Crippen molar-refractivity contribution in [2.75, 3.05) is 17.6 Å². The van der Waals surface area contributed by atoms with E-state index in [0.717, 1.165) is 35.0 Å². The Hall–Kier alpha value is -1.55. The van der Waals surface area contributed by atoms with Crippen molar-refractivity contribution in [3.63, 3.8) is 0 Å². The molecule has 0 spiro atoms. The van der Waals surface area contributed by atoms with Crippen molar-refractivity contribution >= 4 is 22.7 Å². The number of aromatic nitrogens is 1. The lowest BCUT2D eigenvalue weighted by Crippen LogP contribution is -2.06. The molecule has 0 saturated heterocycles. The van der Waals surface area contributed by atoms with Crippen LogP contribution in [0.25, 0.3) is 0 Å². The summed E-state index contributed by atoms with van der Waals surface area (Å²) in [7, 11) is 0. The summed E-state index contributed by atoms with van der Waals surface area (Å²) < 4.78 is 0. The zero-order chi connectivity index (χ0) is 12.3. The zero-order valence-corrected chi connectivity index (χ0v) is 11.0. The average Bonchev–Trinajstić information content (AvgIpc) is 2.69. The van der Waals surface area contributed by atoms with Crippen LogP contribution in [0.1, 0.15) is 16.3 Å². The number of thiazole rings is 1. The molecule has 1 aromatic heterocycles. The van der Waals surface area contributed by atoms with Crippen molar-refractivity contribution in [2.24, 2.45) is 0 Å². The Kier molecular flexibility index (Phi) is 3.64. The van der Waals surface area contributed by atoms with Crippen LogP contribution in [0.15, 0.2) is 23.6 Å². The third-order valence-electron chi connectivity index (χ3n) is 2.62. The van der Waals surface area contributed by atoms with E-state index in [4.69, 9.17) is 5.73 Å². The molecule has 0 aliphatic rings. The van der Waals surface area contributed by atoms with Gasteiger partial charge in [0.15, 0.2) is 0 Å². The predicted octanol–water partition coefficient (Wildman–Crippen LogP) is 3.00. The Balaban J connectivity index is 1.91. The second-order valence-corrected chi connectivity index (χ2v) is 5.17. The average molecular weight is 247 g/mol. The number of aryl methyl sites for hydroxylation is 2. The summed E-state index contributed by atoms with van der Waals surface area (Å²) in [6.07, 6.45) is 0.943. The maximum Gasteiger partial charge on any atom is 0.0897 e. The number of nitrogens with one attached hydrogen (secondary N) is 1. The van der Waals surface area contributed by atoms with Gasteiger partial charge in [0.05, 0.1) is 10.7 Å². The van der Waals surface area contributed by atoms with Gasteiger partial charge in [-0.25, -0.2) is 4.98 Å². The minimum Gasteiger partial charge on any atom is -0.399 e. The summed E-state index contributed by atoms with van der Waals surface area (Å²) in [5, 5.41) is 6.64. The van der Waals surface area contributed by atoms with Crippen molar-refractivity contribution < 1.29 is 0 Å². The number of hydrogen-bond donors (Lipinski definition) is 2. The van der Waals surface area contributed by atoms with E-state index in [1.54, 1.807) is 11.3 Å². The minimum atomic E-state index is 0.794. The van der Waals surface area contributed by atoms with Gasteiger partial charge in [0.2, 0.25) is 0 Å². The second-order valence-electron chi connectivity index (χ2n) is 4.11. The van der Waals surface area contributed by atoms with E-state index in [2.05, 4.69) is 22.6 Å². The predicted molar refractivity (Wildman–Crippen MR) is 74.6 cm³/mol. The first-order valence-electron chi connectivity index (χ1n) is 5.66. The van der Waals surface area contributed by atoms with E-state index in [0.29, 0.717) is 0 Å². The van der Waals surface area contributed by atoms with Gasteiger partial charge in [-0.15, -0.1) is 11.3 Å². The number of anilines is 2. The van der Waals surface area contributed by atoms with Gasteiger partial charge in [-0.1, -0.05) is 6.07 Å². The first-order valence-corrected chi connectivity index (χ1v) is 6.54. The lowest BCUT2D eigenvalue weighted by molar-refractivity contribution is 0.967. The standard InChI is InChI=1S/C13H17N3S/c1-9-3-4-11(14)7-13(9)15-6-5-12-8-17-10(2)16-12/h3-4,7-8,15H,5-6,14H2,1-2H3. The Morgan fingerprint density at radius 1 is 1.35 bits per heavy atom. The molecule has 0 bridgehead atoms. The van der Waals surface area contributed by atoms with Gasteiger partial charge in [0.1, 0.15) is 0 Å². The second kappa shape index (κ2) is 5.19. The largest absolute Gasteiger partial charge is 0.399 e. The monoisotopic (exact) mass is 247 g/mol. The SMILES string of the molecule is Cc1nc(CCNc2cc(N)ccc2C)cs1. The first-order chi connectivity index (χ1) is 8.15. The van der Waals surface area contributed by atoms with Gasteiger partial charge < -0.3 is 11.1 Å². The normalized spacial score (nSPS) is 10.5. The Labute approximate surface area is 106 Å². The molecule has 2 rings (SSSR count). The lowest BCUT2D eigenvalue weighted by atomic mass is 10.2. The fourth-order valence-electron chi connectivity index (χ4n) is 1.68. The number of rotatable bonds is 4. The molecule has 0 atom stereocenters. The van der Waals surface area contributed by atoms with E-state index >= 15 is 0 Å². The quantitative estimate of drug-likeness (QED) is 0.817. The summed E-state index contributed by atoms with van der Waals surface area (Å²) in [4.78, 5) is 4.44. The van der Waals surface area contributed by atoms with Crippen LogP contribution in [0.5, 0.6) is 0 Å². The van der Waals surface area contributed by atoms with Crippen LogP contribution in [0.4, 0.5) is 11.4 Å². The van der Waals surface area contributed by atoms with E-state index < -0.39 is 0 Å². The molecule has 0 saturated carbocycles. The fourth-order valence-corrected chi connectivity index (χ4v) is 2.33. The molecule has 0 aliphatic carbocycles. The summed E-state index contributed by atoms with van der Waals surface area (Å²) in [5.41, 5.74) is 10.0. The van der Waals surface area contributed by atoms with Crippen LogP contribution >= 0.6 is 11.3 Å². The minimum absolute atomic E-state index is 0.794. The number of hydrogen-bond acceptors (Lipinski definition) is 4. The van der Waals surface area contributed by atoms with Crippen molar-refractivity contribution in [3.8, 4) is 0 Å². The molecular formula is C13H17N3S. The molecule has 0 amide bonds. The van der Waals surface area contributed by atoms with E-state index in [9.17, 15) is 0 Å². The van der Waals surface area contributed by atoms with Crippen molar-refractivity contribution in [3.05, 3.63) is 39.8 Å². The van der Waals surface area contributed by atoms with E-state index in [1.807, 2.05) is 25.1 Å². The summed E-state index contributed by atoms with van der Waals surface area (Å²) in [5.74, 6) is 0. The zero-order valence-electron chi connectivity index (χ0n) is 10.2. The number of nitrogens with zero attached hydrogens (tertiary/aromatic N) is 1. The lowest BCUT2D eigenvalue weighted by Gasteiger charge is -2.09. The molecule has 0 radical (unpaired) electrons. The Bertz CT molecular complexity index is 505. The molecule has 3 N–H and O–H groups in total. The maximum absolute atomic E-state index is 5.76. The van der Waals surface area contributed by atoms with Crippen LogP contribution in [-0.4, -0.2) is 11.5 Å².